The lowest BCUT2D eigenvalue weighted by atomic mass is 10.1. The van der Waals surface area contributed by atoms with Crippen molar-refractivity contribution in [2.24, 2.45) is 0 Å². The summed E-state index contributed by atoms with van der Waals surface area (Å²) in [5.41, 5.74) is 0.451. The predicted molar refractivity (Wildman–Crippen MR) is 99.4 cm³/mol. The van der Waals surface area contributed by atoms with Crippen molar-refractivity contribution >= 4 is 11.8 Å². The molecule has 27 heavy (non-hydrogen) atoms. The number of carbonyl (C=O) groups is 2. The summed E-state index contributed by atoms with van der Waals surface area (Å²) in [6, 6.07) is 12.2. The highest BCUT2D eigenvalue weighted by Crippen LogP contribution is 2.25. The third-order valence-corrected chi connectivity index (χ3v) is 4.39. The molecule has 1 aromatic carbocycles. The van der Waals surface area contributed by atoms with Crippen LogP contribution >= 0.6 is 0 Å². The number of carbonyl (C=O) groups excluding carboxylic acids is 2. The molecule has 1 aromatic heterocycles. The molecule has 1 saturated heterocycles. The molecule has 2 amide bonds. The minimum atomic E-state index is -0.594. The summed E-state index contributed by atoms with van der Waals surface area (Å²) < 4.78 is 11.0. The summed E-state index contributed by atoms with van der Waals surface area (Å²) in [5.74, 6) is 0.286. The van der Waals surface area contributed by atoms with E-state index in [9.17, 15) is 9.59 Å². The van der Waals surface area contributed by atoms with Gasteiger partial charge in [0.15, 0.2) is 0 Å². The van der Waals surface area contributed by atoms with Crippen LogP contribution < -0.4 is 10.1 Å². The molecule has 0 spiro atoms. The molecule has 1 aliphatic heterocycles. The number of pyridine rings is 1. The van der Waals surface area contributed by atoms with E-state index in [1.165, 1.54) is 6.20 Å². The second kappa shape index (κ2) is 9.14. The molecule has 1 fully saturated rings. The Bertz CT molecular complexity index is 754. The second-order valence-electron chi connectivity index (χ2n) is 6.29. The van der Waals surface area contributed by atoms with E-state index in [4.69, 9.17) is 9.47 Å². The molecular weight excluding hydrogens is 346 g/mol. The Balaban J connectivity index is 1.74. The van der Waals surface area contributed by atoms with Crippen molar-refractivity contribution < 1.29 is 19.1 Å². The average Bonchev–Trinajstić information content (AvgIpc) is 3.13. The van der Waals surface area contributed by atoms with Crippen LogP contribution in [-0.4, -0.2) is 60.7 Å². The van der Waals surface area contributed by atoms with Crippen LogP contribution in [0.25, 0.3) is 0 Å². The number of aromatic nitrogens is 1. The number of nitrogens with one attached hydrogen (secondary N) is 1. The molecule has 2 unspecified atom stereocenters. The van der Waals surface area contributed by atoms with Crippen LogP contribution in [0.3, 0.4) is 0 Å². The smallest absolute Gasteiger partial charge is 0.256 e. The normalized spacial score (nSPS) is 18.9. The van der Waals surface area contributed by atoms with Crippen molar-refractivity contribution in [2.45, 2.75) is 18.6 Å². The van der Waals surface area contributed by atoms with Crippen LogP contribution in [-0.2, 0) is 9.53 Å². The standard InChI is InChI=1S/C20H23N3O4/c1-26-11-10-22-19(24)18-12-17(27-16-7-3-2-4-8-16)14-23(18)20(25)15-6-5-9-21-13-15/h2-9,13,17-18H,10-12,14H2,1H3,(H,22,24). The van der Waals surface area contributed by atoms with Crippen molar-refractivity contribution in [3.8, 4) is 5.75 Å². The number of nitrogens with zero attached hydrogens (tertiary/aromatic N) is 2. The lowest BCUT2D eigenvalue weighted by molar-refractivity contribution is -0.125. The number of ether oxygens (including phenoxy) is 2. The number of benzene rings is 1. The van der Waals surface area contributed by atoms with Gasteiger partial charge in [0.1, 0.15) is 17.9 Å². The largest absolute Gasteiger partial charge is 0.488 e. The van der Waals surface area contributed by atoms with Gasteiger partial charge in [0.2, 0.25) is 5.91 Å². The number of likely N-dealkylation sites (tertiary alicyclic amines) is 1. The van der Waals surface area contributed by atoms with Crippen molar-refractivity contribution in [1.29, 1.82) is 0 Å². The average molecular weight is 369 g/mol. The van der Waals surface area contributed by atoms with Crippen LogP contribution in [0, 0.1) is 0 Å². The highest BCUT2D eigenvalue weighted by Gasteiger charge is 2.41. The number of methoxy groups -OCH3 is 1. The van der Waals surface area contributed by atoms with Gasteiger partial charge in [-0.25, -0.2) is 0 Å². The first kappa shape index (κ1) is 18.8. The molecule has 2 heterocycles. The monoisotopic (exact) mass is 369 g/mol. The van der Waals surface area contributed by atoms with Gasteiger partial charge in [0, 0.05) is 32.5 Å². The summed E-state index contributed by atoms with van der Waals surface area (Å²) in [7, 11) is 1.57. The first-order valence-corrected chi connectivity index (χ1v) is 8.88. The summed E-state index contributed by atoms with van der Waals surface area (Å²) in [5, 5.41) is 2.82. The highest BCUT2D eigenvalue weighted by molar-refractivity contribution is 5.97. The van der Waals surface area contributed by atoms with Crippen molar-refractivity contribution in [1.82, 2.24) is 15.2 Å². The first-order valence-electron chi connectivity index (χ1n) is 8.88. The van der Waals surface area contributed by atoms with Gasteiger partial charge in [-0.2, -0.15) is 0 Å². The van der Waals surface area contributed by atoms with E-state index in [1.54, 1.807) is 30.3 Å². The minimum Gasteiger partial charge on any atom is -0.488 e. The summed E-state index contributed by atoms with van der Waals surface area (Å²) in [6.45, 7) is 1.15. The maximum Gasteiger partial charge on any atom is 0.256 e. The lowest BCUT2D eigenvalue weighted by Gasteiger charge is -2.23. The molecule has 1 aliphatic rings. The van der Waals surface area contributed by atoms with Crippen LogP contribution in [0.2, 0.25) is 0 Å². The molecule has 0 saturated carbocycles. The van der Waals surface area contributed by atoms with Gasteiger partial charge in [0.05, 0.1) is 18.7 Å². The summed E-state index contributed by atoms with van der Waals surface area (Å²) in [6.07, 6.45) is 3.29. The van der Waals surface area contributed by atoms with Gasteiger partial charge < -0.3 is 19.7 Å². The Morgan fingerprint density at radius 2 is 2.04 bits per heavy atom. The van der Waals surface area contributed by atoms with E-state index in [0.29, 0.717) is 31.7 Å². The second-order valence-corrected chi connectivity index (χ2v) is 6.29. The zero-order valence-corrected chi connectivity index (χ0v) is 15.2. The summed E-state index contributed by atoms with van der Waals surface area (Å²) >= 11 is 0. The van der Waals surface area contributed by atoms with E-state index in [2.05, 4.69) is 10.3 Å². The van der Waals surface area contributed by atoms with Gasteiger partial charge in [0.25, 0.3) is 5.91 Å². The number of hydrogen-bond donors (Lipinski definition) is 1. The molecule has 0 aliphatic carbocycles. The molecule has 0 bridgehead atoms. The fraction of sp³-hybridized carbons (Fsp3) is 0.350. The zero-order valence-electron chi connectivity index (χ0n) is 15.2. The Hall–Kier alpha value is -2.93. The van der Waals surface area contributed by atoms with Crippen LogP contribution in [0.5, 0.6) is 5.75 Å². The minimum absolute atomic E-state index is 0.205. The molecule has 2 atom stereocenters. The Morgan fingerprint density at radius 3 is 2.74 bits per heavy atom. The number of para-hydroxylation sites is 1. The van der Waals surface area contributed by atoms with Crippen LogP contribution in [0.4, 0.5) is 0 Å². The quantitative estimate of drug-likeness (QED) is 0.748. The lowest BCUT2D eigenvalue weighted by Crippen LogP contribution is -2.46. The Morgan fingerprint density at radius 1 is 1.22 bits per heavy atom. The molecule has 142 valence electrons. The Labute approximate surface area is 158 Å². The molecule has 1 N–H and O–H groups in total. The maximum absolute atomic E-state index is 12.9. The Kier molecular flexibility index (Phi) is 6.38. The van der Waals surface area contributed by atoms with E-state index in [-0.39, 0.29) is 17.9 Å². The molecule has 7 nitrogen and oxygen atoms in total. The third-order valence-electron chi connectivity index (χ3n) is 4.39. The van der Waals surface area contributed by atoms with E-state index in [1.807, 2.05) is 30.3 Å². The topological polar surface area (TPSA) is 80.8 Å². The van der Waals surface area contributed by atoms with Crippen LogP contribution in [0.15, 0.2) is 54.9 Å². The van der Waals surface area contributed by atoms with Crippen molar-refractivity contribution in [3.63, 3.8) is 0 Å². The number of amides is 2. The number of hydrogen-bond acceptors (Lipinski definition) is 5. The van der Waals surface area contributed by atoms with Gasteiger partial charge in [-0.3, -0.25) is 14.6 Å². The zero-order chi connectivity index (χ0) is 19.1. The van der Waals surface area contributed by atoms with Crippen molar-refractivity contribution in [2.75, 3.05) is 26.8 Å². The summed E-state index contributed by atoms with van der Waals surface area (Å²) in [4.78, 5) is 31.1. The molecule has 0 radical (unpaired) electrons. The van der Waals surface area contributed by atoms with E-state index < -0.39 is 6.04 Å². The molecule has 3 rings (SSSR count). The molecular formula is C20H23N3O4. The highest BCUT2D eigenvalue weighted by atomic mass is 16.5. The van der Waals surface area contributed by atoms with Gasteiger partial charge in [-0.1, -0.05) is 18.2 Å². The van der Waals surface area contributed by atoms with Crippen molar-refractivity contribution in [3.05, 3.63) is 60.4 Å². The van der Waals surface area contributed by atoms with Crippen LogP contribution in [0.1, 0.15) is 16.8 Å². The molecule has 2 aromatic rings. The fourth-order valence-electron chi connectivity index (χ4n) is 3.10. The molecule has 7 heteroatoms. The van der Waals surface area contributed by atoms with Gasteiger partial charge >= 0.3 is 0 Å². The maximum atomic E-state index is 12.9. The first-order chi connectivity index (χ1) is 13.2. The number of rotatable bonds is 7. The SMILES string of the molecule is COCCNC(=O)C1CC(Oc2ccccc2)CN1C(=O)c1cccnc1. The van der Waals surface area contributed by atoms with Gasteiger partial charge in [-0.15, -0.1) is 0 Å². The van der Waals surface area contributed by atoms with E-state index >= 15 is 0 Å². The third kappa shape index (κ3) is 4.83. The van der Waals surface area contributed by atoms with Gasteiger partial charge in [-0.05, 0) is 24.3 Å². The fourth-order valence-corrected chi connectivity index (χ4v) is 3.10. The van der Waals surface area contributed by atoms with E-state index in [0.717, 1.165) is 5.75 Å². The predicted octanol–water partition coefficient (Wildman–Crippen LogP) is 1.51.